The maximum atomic E-state index is 14.4. The number of pyridine rings is 2. The summed E-state index contributed by atoms with van der Waals surface area (Å²) in [5, 5.41) is -0.223. The van der Waals surface area contributed by atoms with Crippen molar-refractivity contribution in [3.8, 4) is 5.75 Å². The molecule has 0 aliphatic heterocycles. The van der Waals surface area contributed by atoms with Crippen molar-refractivity contribution in [2.75, 3.05) is 13.4 Å². The summed E-state index contributed by atoms with van der Waals surface area (Å²) < 4.78 is 25.7. The molecule has 0 N–H and O–H groups in total. The number of nitrogens with zero attached hydrogens (tertiary/aromatic N) is 2. The number of aromatic nitrogens is 2. The zero-order valence-corrected chi connectivity index (χ0v) is 15.1. The minimum atomic E-state index is -0.793. The third-order valence-corrected chi connectivity index (χ3v) is 4.54. The van der Waals surface area contributed by atoms with Crippen molar-refractivity contribution in [3.05, 3.63) is 52.3 Å². The van der Waals surface area contributed by atoms with E-state index in [-0.39, 0.29) is 15.1 Å². The summed E-state index contributed by atoms with van der Waals surface area (Å²) >= 11 is 12.2. The summed E-state index contributed by atoms with van der Waals surface area (Å²) in [5.74, 6) is -0.0722. The first kappa shape index (κ1) is 17.9. The van der Waals surface area contributed by atoms with Crippen LogP contribution in [-0.2, 0) is 4.74 Å². The second-order valence-electron chi connectivity index (χ2n) is 4.51. The number of hydrogen-bond acceptors (Lipinski definition) is 6. The average molecular weight is 373 g/mol. The molecule has 2 heterocycles. The van der Waals surface area contributed by atoms with E-state index in [1.165, 1.54) is 24.0 Å². The third-order valence-electron chi connectivity index (χ3n) is 3.25. The highest BCUT2D eigenvalue weighted by Crippen LogP contribution is 2.35. The van der Waals surface area contributed by atoms with Crippen molar-refractivity contribution >= 4 is 40.0 Å². The molecule has 2 aromatic rings. The van der Waals surface area contributed by atoms with E-state index in [1.54, 1.807) is 25.8 Å². The van der Waals surface area contributed by atoms with E-state index in [0.29, 0.717) is 11.3 Å². The topological polar surface area (TPSA) is 44.2 Å². The van der Waals surface area contributed by atoms with Crippen LogP contribution in [0.1, 0.15) is 22.8 Å². The van der Waals surface area contributed by atoms with Gasteiger partial charge in [0.15, 0.2) is 17.1 Å². The van der Waals surface area contributed by atoms with E-state index in [2.05, 4.69) is 9.97 Å². The van der Waals surface area contributed by atoms with Crippen molar-refractivity contribution in [1.29, 1.82) is 0 Å². The second-order valence-corrected chi connectivity index (χ2v) is 6.28. The van der Waals surface area contributed by atoms with Crippen LogP contribution in [0.25, 0.3) is 0 Å². The number of rotatable bonds is 4. The van der Waals surface area contributed by atoms with E-state index in [0.717, 1.165) is 5.56 Å². The number of halogens is 2. The summed E-state index contributed by atoms with van der Waals surface area (Å²) in [6, 6.07) is 1.51. The predicted octanol–water partition coefficient (Wildman–Crippen LogP) is 4.34. The van der Waals surface area contributed by atoms with Gasteiger partial charge in [-0.15, -0.1) is 0 Å². The smallest absolute Gasteiger partial charge is 0.220 e. The lowest BCUT2D eigenvalue weighted by Gasteiger charge is -2.22. The highest BCUT2D eigenvalue weighted by molar-refractivity contribution is 8.22. The lowest BCUT2D eigenvalue weighted by atomic mass is 9.99. The second kappa shape index (κ2) is 7.90. The van der Waals surface area contributed by atoms with Gasteiger partial charge in [-0.1, -0.05) is 23.4 Å². The fourth-order valence-electron chi connectivity index (χ4n) is 2.06. The molecule has 0 amide bonds. The van der Waals surface area contributed by atoms with E-state index in [1.807, 2.05) is 6.92 Å². The molecule has 0 aliphatic rings. The van der Waals surface area contributed by atoms with Gasteiger partial charge in [-0.25, -0.2) is 9.37 Å². The van der Waals surface area contributed by atoms with Crippen LogP contribution in [0, 0.1) is 12.7 Å². The van der Waals surface area contributed by atoms with Crippen LogP contribution in [-0.4, -0.2) is 27.7 Å². The molecule has 2 rings (SSSR count). The molecule has 1 unspecified atom stereocenters. The van der Waals surface area contributed by atoms with Gasteiger partial charge in [-0.05, 0) is 31.5 Å². The highest BCUT2D eigenvalue weighted by atomic mass is 35.5. The Bertz CT molecular complexity index is 731. The van der Waals surface area contributed by atoms with Gasteiger partial charge in [-0.3, -0.25) is 4.98 Å². The zero-order chi connectivity index (χ0) is 17.0. The molecule has 122 valence electrons. The normalized spacial score (nSPS) is 11.9. The molecule has 23 heavy (non-hydrogen) atoms. The van der Waals surface area contributed by atoms with Crippen molar-refractivity contribution in [2.24, 2.45) is 0 Å². The molecule has 0 saturated carbocycles. The van der Waals surface area contributed by atoms with Gasteiger partial charge in [-0.2, -0.15) is 0 Å². The average Bonchev–Trinajstić information content (AvgIpc) is 2.56. The number of ether oxygens (including phenoxy) is 2. The number of hydrogen-bond donors (Lipinski definition) is 0. The molecule has 0 fully saturated rings. The molecule has 0 spiro atoms. The van der Waals surface area contributed by atoms with Crippen LogP contribution in [0.4, 0.5) is 4.39 Å². The standard InChI is InChI=1S/C15H14ClFN2O2S2/c1-8-10(6-18-7-11(8)20-2)13(21-15(22)23-3)9-4-5-19-14(16)12(9)17/h4-7,13H,1-3H3. The molecule has 0 aromatic carbocycles. The minimum Gasteiger partial charge on any atom is -0.495 e. The fourth-order valence-corrected chi connectivity index (χ4v) is 2.52. The van der Waals surface area contributed by atoms with Gasteiger partial charge in [0.1, 0.15) is 5.75 Å². The van der Waals surface area contributed by atoms with E-state index < -0.39 is 11.9 Å². The molecule has 8 heteroatoms. The number of methoxy groups -OCH3 is 1. The van der Waals surface area contributed by atoms with Gasteiger partial charge in [0.2, 0.25) is 4.38 Å². The van der Waals surface area contributed by atoms with Gasteiger partial charge in [0, 0.05) is 29.1 Å². The molecule has 0 bridgehead atoms. The summed E-state index contributed by atoms with van der Waals surface area (Å²) in [4.78, 5) is 7.85. The van der Waals surface area contributed by atoms with Crippen molar-refractivity contribution < 1.29 is 13.9 Å². The SMILES string of the molecule is COc1cncc(C(OC(=S)SC)c2ccnc(Cl)c2F)c1C. The molecular formula is C15H14ClFN2O2S2. The van der Waals surface area contributed by atoms with Gasteiger partial charge < -0.3 is 9.47 Å². The Morgan fingerprint density at radius 2 is 2.13 bits per heavy atom. The molecule has 0 saturated heterocycles. The Labute approximate surface area is 148 Å². The number of thiocarbonyl (C=S) groups is 1. The van der Waals surface area contributed by atoms with Gasteiger partial charge in [0.05, 0.1) is 13.3 Å². The van der Waals surface area contributed by atoms with Crippen LogP contribution < -0.4 is 4.74 Å². The molecule has 0 radical (unpaired) electrons. The Balaban J connectivity index is 2.59. The van der Waals surface area contributed by atoms with Crippen LogP contribution >= 0.6 is 35.6 Å². The van der Waals surface area contributed by atoms with Crippen LogP contribution in [0.5, 0.6) is 5.75 Å². The molecular weight excluding hydrogens is 359 g/mol. The molecule has 0 aliphatic carbocycles. The zero-order valence-electron chi connectivity index (χ0n) is 12.7. The number of thioether (sulfide) groups is 1. The van der Waals surface area contributed by atoms with E-state index >= 15 is 0 Å². The Kier molecular flexibility index (Phi) is 6.15. The van der Waals surface area contributed by atoms with Gasteiger partial charge >= 0.3 is 0 Å². The van der Waals surface area contributed by atoms with E-state index in [9.17, 15) is 4.39 Å². The largest absolute Gasteiger partial charge is 0.495 e. The lowest BCUT2D eigenvalue weighted by Crippen LogP contribution is -2.13. The van der Waals surface area contributed by atoms with Crippen LogP contribution in [0.2, 0.25) is 5.15 Å². The maximum absolute atomic E-state index is 14.4. The predicted molar refractivity (Wildman–Crippen MR) is 93.8 cm³/mol. The molecule has 4 nitrogen and oxygen atoms in total. The molecule has 2 aromatic heterocycles. The fraction of sp³-hybridized carbons (Fsp3) is 0.267. The highest BCUT2D eigenvalue weighted by Gasteiger charge is 2.25. The Hall–Kier alpha value is -1.44. The summed E-state index contributed by atoms with van der Waals surface area (Å²) in [7, 11) is 1.54. The first-order valence-electron chi connectivity index (χ1n) is 6.52. The van der Waals surface area contributed by atoms with Crippen molar-refractivity contribution in [1.82, 2.24) is 9.97 Å². The summed E-state index contributed by atoms with van der Waals surface area (Å²) in [6.07, 6.45) is 5.59. The van der Waals surface area contributed by atoms with Crippen LogP contribution in [0.3, 0.4) is 0 Å². The minimum absolute atomic E-state index is 0.223. The Morgan fingerprint density at radius 1 is 1.39 bits per heavy atom. The quantitative estimate of drug-likeness (QED) is 0.587. The first-order chi connectivity index (χ1) is 11.0. The monoisotopic (exact) mass is 372 g/mol. The summed E-state index contributed by atoms with van der Waals surface area (Å²) in [6.45, 7) is 1.84. The molecule has 1 atom stereocenters. The maximum Gasteiger partial charge on any atom is 0.220 e. The van der Waals surface area contributed by atoms with Crippen molar-refractivity contribution in [3.63, 3.8) is 0 Å². The summed E-state index contributed by atoms with van der Waals surface area (Å²) in [5.41, 5.74) is 1.66. The van der Waals surface area contributed by atoms with Crippen LogP contribution in [0.15, 0.2) is 24.7 Å². The van der Waals surface area contributed by atoms with Gasteiger partial charge in [0.25, 0.3) is 0 Å². The third kappa shape index (κ3) is 3.91. The first-order valence-corrected chi connectivity index (χ1v) is 8.53. The van der Waals surface area contributed by atoms with E-state index in [4.69, 9.17) is 33.3 Å². The Morgan fingerprint density at radius 3 is 2.78 bits per heavy atom. The van der Waals surface area contributed by atoms with Crippen molar-refractivity contribution in [2.45, 2.75) is 13.0 Å². The lowest BCUT2D eigenvalue weighted by molar-refractivity contribution is 0.240.